The molecule has 33 heavy (non-hydrogen) atoms. The first-order valence-corrected chi connectivity index (χ1v) is 10.5. The quantitative estimate of drug-likeness (QED) is 0.490. The highest BCUT2D eigenvalue weighted by Crippen LogP contribution is 2.36. The van der Waals surface area contributed by atoms with Gasteiger partial charge in [-0.25, -0.2) is 4.90 Å². The second kappa shape index (κ2) is 7.36. The molecule has 1 aliphatic heterocycles. The van der Waals surface area contributed by atoms with Crippen LogP contribution in [0.25, 0.3) is 27.8 Å². The van der Waals surface area contributed by atoms with Crippen molar-refractivity contribution >= 4 is 28.4 Å². The number of ether oxygens (including phenoxy) is 1. The number of rotatable bonds is 3. The number of aromatic nitrogens is 3. The van der Waals surface area contributed by atoms with Crippen LogP contribution in [0.15, 0.2) is 97.1 Å². The van der Waals surface area contributed by atoms with Crippen LogP contribution in [0.1, 0.15) is 0 Å². The Morgan fingerprint density at radius 3 is 2.39 bits per heavy atom. The molecule has 3 aromatic carbocycles. The fourth-order valence-electron chi connectivity index (χ4n) is 4.25. The lowest BCUT2D eigenvalue weighted by Gasteiger charge is -2.31. The Hall–Kier alpha value is -4.36. The van der Waals surface area contributed by atoms with E-state index < -0.39 is 5.72 Å². The van der Waals surface area contributed by atoms with Gasteiger partial charge in [0.2, 0.25) is 5.95 Å². The summed E-state index contributed by atoms with van der Waals surface area (Å²) in [5.41, 5.74) is 0.386. The number of carbonyl (C=O) groups is 2. The number of carbonyl (C=O) groups excluding carboxylic acids is 2. The maximum Gasteiger partial charge on any atom is 0.258 e. The summed E-state index contributed by atoms with van der Waals surface area (Å²) >= 11 is 0. The third-order valence-corrected chi connectivity index (χ3v) is 5.82. The van der Waals surface area contributed by atoms with Gasteiger partial charge in [0.05, 0.1) is 5.69 Å². The number of anilines is 1. The van der Waals surface area contributed by atoms with Gasteiger partial charge in [-0.3, -0.25) is 9.59 Å². The molecule has 1 fully saturated rings. The van der Waals surface area contributed by atoms with Gasteiger partial charge in [0.25, 0.3) is 5.91 Å². The molecule has 0 atom stereocenters. The molecule has 1 saturated heterocycles. The van der Waals surface area contributed by atoms with E-state index in [0.717, 1.165) is 22.0 Å². The molecule has 6 rings (SSSR count). The smallest absolute Gasteiger partial charge is 0.258 e. The zero-order valence-electron chi connectivity index (χ0n) is 17.5. The van der Waals surface area contributed by atoms with Crippen molar-refractivity contribution in [3.05, 3.63) is 97.1 Å². The van der Waals surface area contributed by atoms with Gasteiger partial charge in [-0.05, 0) is 47.2 Å². The van der Waals surface area contributed by atoms with Crippen molar-refractivity contribution in [2.45, 2.75) is 5.72 Å². The minimum atomic E-state index is -1.22. The minimum Gasteiger partial charge on any atom is -0.338 e. The Morgan fingerprint density at radius 2 is 1.58 bits per heavy atom. The number of allylic oxidation sites excluding steroid dienone is 2. The molecule has 0 saturated carbocycles. The van der Waals surface area contributed by atoms with Crippen LogP contribution in [0.5, 0.6) is 0 Å². The summed E-state index contributed by atoms with van der Waals surface area (Å²) in [6.45, 7) is -0.131. The molecule has 1 spiro atoms. The fourth-order valence-corrected chi connectivity index (χ4v) is 4.25. The van der Waals surface area contributed by atoms with E-state index in [2.05, 4.69) is 0 Å². The standard InChI is InChI=1S/C26H18N4O3/c31-20-13-15-26(16-14-20)29(23(32)17-33-26)25-27-24(28-30(25)19-9-2-1-3-10-19)22-12-6-8-18-7-4-5-11-21(18)22/h1-16H,17H2. The lowest BCUT2D eigenvalue weighted by Crippen LogP contribution is -2.46. The SMILES string of the molecule is O=C1C=CC2(C=C1)OCC(=O)N2c1nc(-c2cccc3ccccc23)nn1-c1ccccc1. The van der Waals surface area contributed by atoms with Crippen LogP contribution in [0.3, 0.4) is 0 Å². The van der Waals surface area contributed by atoms with Gasteiger partial charge in [0, 0.05) is 5.56 Å². The normalized spacial score (nSPS) is 16.9. The molecule has 1 aliphatic carbocycles. The highest BCUT2D eigenvalue weighted by Gasteiger charge is 2.48. The number of ketones is 1. The first kappa shape index (κ1) is 19.3. The molecule has 0 radical (unpaired) electrons. The van der Waals surface area contributed by atoms with E-state index in [0.29, 0.717) is 11.8 Å². The summed E-state index contributed by atoms with van der Waals surface area (Å²) < 4.78 is 7.50. The number of hydrogen-bond donors (Lipinski definition) is 0. The molecule has 7 heteroatoms. The molecule has 0 bridgehead atoms. The lowest BCUT2D eigenvalue weighted by atomic mass is 10.0. The van der Waals surface area contributed by atoms with E-state index in [9.17, 15) is 9.59 Å². The van der Waals surface area contributed by atoms with Crippen LogP contribution >= 0.6 is 0 Å². The second-order valence-electron chi connectivity index (χ2n) is 7.85. The number of hydrogen-bond acceptors (Lipinski definition) is 5. The Balaban J connectivity index is 1.58. The van der Waals surface area contributed by atoms with Crippen LogP contribution in [0, 0.1) is 0 Å². The van der Waals surface area contributed by atoms with Gasteiger partial charge in [-0.15, -0.1) is 5.10 Å². The summed E-state index contributed by atoms with van der Waals surface area (Å²) in [5.74, 6) is 0.368. The molecule has 4 aromatic rings. The zero-order valence-corrected chi connectivity index (χ0v) is 17.5. The van der Waals surface area contributed by atoms with Gasteiger partial charge in [0.15, 0.2) is 17.3 Å². The number of amides is 1. The largest absolute Gasteiger partial charge is 0.338 e. The minimum absolute atomic E-state index is 0.131. The molecule has 0 unspecified atom stereocenters. The molecule has 2 aliphatic rings. The second-order valence-corrected chi connectivity index (χ2v) is 7.85. The number of fused-ring (bicyclic) bond motifs is 1. The van der Waals surface area contributed by atoms with Gasteiger partial charge in [-0.2, -0.15) is 9.67 Å². The van der Waals surface area contributed by atoms with Crippen molar-refractivity contribution in [1.29, 1.82) is 0 Å². The maximum atomic E-state index is 13.0. The molecule has 7 nitrogen and oxygen atoms in total. The summed E-state index contributed by atoms with van der Waals surface area (Å²) in [6, 6.07) is 23.5. The van der Waals surface area contributed by atoms with Gasteiger partial charge < -0.3 is 4.74 Å². The average molecular weight is 434 g/mol. The van der Waals surface area contributed by atoms with Crippen molar-refractivity contribution < 1.29 is 14.3 Å². The third kappa shape index (κ3) is 3.09. The van der Waals surface area contributed by atoms with Crippen molar-refractivity contribution in [2.24, 2.45) is 0 Å². The molecule has 0 N–H and O–H groups in total. The van der Waals surface area contributed by atoms with Crippen molar-refractivity contribution in [2.75, 3.05) is 11.5 Å². The lowest BCUT2D eigenvalue weighted by molar-refractivity contribution is -0.117. The van der Waals surface area contributed by atoms with Crippen LogP contribution in [0.4, 0.5) is 5.95 Å². The summed E-state index contributed by atoms with van der Waals surface area (Å²) in [5, 5.41) is 6.90. The van der Waals surface area contributed by atoms with E-state index in [1.807, 2.05) is 72.8 Å². The van der Waals surface area contributed by atoms with E-state index in [1.54, 1.807) is 16.8 Å². The first-order chi connectivity index (χ1) is 16.1. The van der Waals surface area contributed by atoms with Crippen molar-refractivity contribution in [1.82, 2.24) is 14.8 Å². The van der Waals surface area contributed by atoms with Crippen LogP contribution in [-0.2, 0) is 14.3 Å². The molecular formula is C26H18N4O3. The fraction of sp³-hybridized carbons (Fsp3) is 0.0769. The molecule has 1 aromatic heterocycles. The Kier molecular flexibility index (Phi) is 4.31. The van der Waals surface area contributed by atoms with Crippen LogP contribution in [0.2, 0.25) is 0 Å². The average Bonchev–Trinajstić information content (AvgIpc) is 3.42. The number of nitrogens with zero attached hydrogens (tertiary/aromatic N) is 4. The highest BCUT2D eigenvalue weighted by molar-refractivity contribution is 6.04. The van der Waals surface area contributed by atoms with Gasteiger partial charge in [-0.1, -0.05) is 60.7 Å². The molecule has 1 amide bonds. The number of benzene rings is 3. The molecular weight excluding hydrogens is 416 g/mol. The predicted molar refractivity (Wildman–Crippen MR) is 124 cm³/mol. The highest BCUT2D eigenvalue weighted by atomic mass is 16.5. The van der Waals surface area contributed by atoms with E-state index >= 15 is 0 Å². The third-order valence-electron chi connectivity index (χ3n) is 5.82. The maximum absolute atomic E-state index is 13.0. The van der Waals surface area contributed by atoms with Crippen molar-refractivity contribution in [3.8, 4) is 17.1 Å². The molecule has 2 heterocycles. The Labute approximate surface area is 189 Å². The first-order valence-electron chi connectivity index (χ1n) is 10.5. The predicted octanol–water partition coefficient (Wildman–Crippen LogP) is 3.84. The van der Waals surface area contributed by atoms with Gasteiger partial charge >= 0.3 is 0 Å². The van der Waals surface area contributed by atoms with Crippen molar-refractivity contribution in [3.63, 3.8) is 0 Å². The topological polar surface area (TPSA) is 77.3 Å². The van der Waals surface area contributed by atoms with E-state index in [1.165, 1.54) is 17.1 Å². The summed E-state index contributed by atoms with van der Waals surface area (Å²) in [7, 11) is 0. The summed E-state index contributed by atoms with van der Waals surface area (Å²) in [4.78, 5) is 31.1. The number of para-hydroxylation sites is 1. The van der Waals surface area contributed by atoms with E-state index in [4.69, 9.17) is 14.8 Å². The van der Waals surface area contributed by atoms with Crippen LogP contribution in [-0.4, -0.2) is 38.8 Å². The Bertz CT molecular complexity index is 1450. The summed E-state index contributed by atoms with van der Waals surface area (Å²) in [6.07, 6.45) is 5.98. The monoisotopic (exact) mass is 434 g/mol. The molecule has 160 valence electrons. The van der Waals surface area contributed by atoms with E-state index in [-0.39, 0.29) is 18.3 Å². The van der Waals surface area contributed by atoms with Gasteiger partial charge in [0.1, 0.15) is 6.61 Å². The zero-order chi connectivity index (χ0) is 22.4. The Morgan fingerprint density at radius 1 is 0.848 bits per heavy atom. The van der Waals surface area contributed by atoms with Crippen LogP contribution < -0.4 is 4.90 Å².